The number of ether oxygens (including phenoxy) is 1. The standard InChI is InChI=1S/C27H27N3O3S/c1-18-9-14-23(19(2)15-18)29-25(31)16-24-26(32)30(17-20-10-12-22(33-3)13-11-20)27(34-24)28-21-7-5-4-6-8-21/h4-15,24H,16-17H2,1-3H3,(H,29,31)/t24-/m0/s1. The van der Waals surface area contributed by atoms with Crippen LogP contribution in [0.15, 0.2) is 77.8 Å². The third-order valence-corrected chi connectivity index (χ3v) is 6.70. The number of carbonyl (C=O) groups excluding carboxylic acids is 2. The van der Waals surface area contributed by atoms with E-state index in [4.69, 9.17) is 9.73 Å². The van der Waals surface area contributed by atoms with Crippen molar-refractivity contribution in [1.82, 2.24) is 4.90 Å². The first kappa shape index (κ1) is 23.6. The van der Waals surface area contributed by atoms with Crippen molar-refractivity contribution in [2.75, 3.05) is 12.4 Å². The number of benzene rings is 3. The zero-order valence-corrected chi connectivity index (χ0v) is 20.3. The summed E-state index contributed by atoms with van der Waals surface area (Å²) in [6, 6.07) is 23.0. The van der Waals surface area contributed by atoms with Crippen molar-refractivity contribution in [3.05, 3.63) is 89.5 Å². The fraction of sp³-hybridized carbons (Fsp3) is 0.222. The van der Waals surface area contributed by atoms with Crippen molar-refractivity contribution < 1.29 is 14.3 Å². The molecule has 2 amide bonds. The Morgan fingerprint density at radius 1 is 1.06 bits per heavy atom. The summed E-state index contributed by atoms with van der Waals surface area (Å²) in [4.78, 5) is 32.5. The van der Waals surface area contributed by atoms with Crippen molar-refractivity contribution in [3.63, 3.8) is 0 Å². The molecule has 3 aromatic carbocycles. The molecule has 0 bridgehead atoms. The first-order chi connectivity index (χ1) is 16.4. The lowest BCUT2D eigenvalue weighted by molar-refractivity contribution is -0.128. The average molecular weight is 474 g/mol. The van der Waals surface area contributed by atoms with Gasteiger partial charge in [0, 0.05) is 12.1 Å². The molecule has 0 aliphatic carbocycles. The average Bonchev–Trinajstić information content (AvgIpc) is 3.10. The number of aryl methyl sites for hydroxylation is 2. The third kappa shape index (κ3) is 5.66. The van der Waals surface area contributed by atoms with E-state index < -0.39 is 5.25 Å². The van der Waals surface area contributed by atoms with Gasteiger partial charge in [0.1, 0.15) is 11.0 Å². The highest BCUT2D eigenvalue weighted by Gasteiger charge is 2.39. The molecule has 1 aliphatic heterocycles. The molecule has 0 spiro atoms. The fourth-order valence-corrected chi connectivity index (χ4v) is 4.88. The molecule has 1 saturated heterocycles. The summed E-state index contributed by atoms with van der Waals surface area (Å²) in [5, 5.41) is 3.01. The minimum atomic E-state index is -0.536. The Kier molecular flexibility index (Phi) is 7.33. The summed E-state index contributed by atoms with van der Waals surface area (Å²) in [5.41, 5.74) is 4.60. The molecule has 1 fully saturated rings. The van der Waals surface area contributed by atoms with E-state index in [0.29, 0.717) is 11.7 Å². The SMILES string of the molecule is COc1ccc(CN2C(=O)[C@H](CC(=O)Nc3ccc(C)cc3C)SC2=Nc2ccccc2)cc1. The number of para-hydroxylation sites is 1. The fourth-order valence-electron chi connectivity index (χ4n) is 3.72. The van der Waals surface area contributed by atoms with Gasteiger partial charge >= 0.3 is 0 Å². The normalized spacial score (nSPS) is 16.7. The number of rotatable bonds is 7. The van der Waals surface area contributed by atoms with Gasteiger partial charge in [-0.1, -0.05) is 59.8 Å². The zero-order valence-electron chi connectivity index (χ0n) is 19.4. The van der Waals surface area contributed by atoms with E-state index in [0.717, 1.165) is 33.8 Å². The molecule has 1 N–H and O–H groups in total. The van der Waals surface area contributed by atoms with E-state index in [1.807, 2.05) is 86.6 Å². The molecule has 0 radical (unpaired) electrons. The van der Waals surface area contributed by atoms with Gasteiger partial charge in [0.25, 0.3) is 0 Å². The monoisotopic (exact) mass is 473 g/mol. The first-order valence-electron chi connectivity index (χ1n) is 11.0. The maximum atomic E-state index is 13.4. The van der Waals surface area contributed by atoms with Crippen LogP contribution >= 0.6 is 11.8 Å². The summed E-state index contributed by atoms with van der Waals surface area (Å²) in [5.74, 6) is 0.444. The molecule has 1 aliphatic rings. The van der Waals surface area contributed by atoms with Crippen LogP contribution in [0, 0.1) is 13.8 Å². The summed E-state index contributed by atoms with van der Waals surface area (Å²) < 4.78 is 5.23. The van der Waals surface area contributed by atoms with Gasteiger partial charge in [-0.05, 0) is 55.3 Å². The molecular formula is C27H27N3O3S. The first-order valence-corrected chi connectivity index (χ1v) is 11.9. The summed E-state index contributed by atoms with van der Waals surface area (Å²) in [6.45, 7) is 4.34. The van der Waals surface area contributed by atoms with Crippen LogP contribution in [0.25, 0.3) is 0 Å². The van der Waals surface area contributed by atoms with Gasteiger partial charge in [-0.2, -0.15) is 0 Å². The van der Waals surface area contributed by atoms with E-state index in [1.165, 1.54) is 11.8 Å². The molecule has 4 rings (SSSR count). The van der Waals surface area contributed by atoms with Gasteiger partial charge in [-0.25, -0.2) is 4.99 Å². The Bertz CT molecular complexity index is 1210. The van der Waals surface area contributed by atoms with Crippen LogP contribution in [-0.2, 0) is 16.1 Å². The van der Waals surface area contributed by atoms with Crippen LogP contribution in [0.1, 0.15) is 23.1 Å². The van der Waals surface area contributed by atoms with Crippen molar-refractivity contribution in [2.45, 2.75) is 32.1 Å². The number of aliphatic imine (C=N–C) groups is 1. The van der Waals surface area contributed by atoms with Gasteiger partial charge in [0.2, 0.25) is 11.8 Å². The Hall–Kier alpha value is -3.58. The van der Waals surface area contributed by atoms with E-state index in [-0.39, 0.29) is 18.2 Å². The molecule has 7 heteroatoms. The lowest BCUT2D eigenvalue weighted by Gasteiger charge is -2.17. The van der Waals surface area contributed by atoms with Crippen molar-refractivity contribution in [3.8, 4) is 5.75 Å². The number of amidine groups is 1. The second kappa shape index (κ2) is 10.6. The van der Waals surface area contributed by atoms with E-state index in [2.05, 4.69) is 5.32 Å². The van der Waals surface area contributed by atoms with Gasteiger partial charge < -0.3 is 10.1 Å². The van der Waals surface area contributed by atoms with Crippen LogP contribution < -0.4 is 10.1 Å². The van der Waals surface area contributed by atoms with Crippen LogP contribution in [-0.4, -0.2) is 34.2 Å². The lowest BCUT2D eigenvalue weighted by Crippen LogP contribution is -2.33. The van der Waals surface area contributed by atoms with Crippen LogP contribution in [0.5, 0.6) is 5.75 Å². The van der Waals surface area contributed by atoms with E-state index in [1.54, 1.807) is 12.0 Å². The Morgan fingerprint density at radius 2 is 1.79 bits per heavy atom. The minimum absolute atomic E-state index is 0.0732. The zero-order chi connectivity index (χ0) is 24.1. The minimum Gasteiger partial charge on any atom is -0.497 e. The van der Waals surface area contributed by atoms with Gasteiger partial charge in [0.05, 0.1) is 19.3 Å². The van der Waals surface area contributed by atoms with Crippen LogP contribution in [0.3, 0.4) is 0 Å². The maximum Gasteiger partial charge on any atom is 0.242 e. The molecular weight excluding hydrogens is 446 g/mol. The van der Waals surface area contributed by atoms with Gasteiger partial charge in [-0.3, -0.25) is 14.5 Å². The number of hydrogen-bond acceptors (Lipinski definition) is 5. The van der Waals surface area contributed by atoms with Gasteiger partial charge in [0.15, 0.2) is 5.17 Å². The van der Waals surface area contributed by atoms with E-state index in [9.17, 15) is 9.59 Å². The maximum absolute atomic E-state index is 13.4. The molecule has 0 unspecified atom stereocenters. The second-order valence-electron chi connectivity index (χ2n) is 8.18. The molecule has 6 nitrogen and oxygen atoms in total. The lowest BCUT2D eigenvalue weighted by atomic mass is 10.1. The molecule has 1 atom stereocenters. The number of nitrogens with zero attached hydrogens (tertiary/aromatic N) is 2. The number of carbonyl (C=O) groups is 2. The van der Waals surface area contributed by atoms with Crippen LogP contribution in [0.2, 0.25) is 0 Å². The summed E-state index contributed by atoms with van der Waals surface area (Å²) in [6.07, 6.45) is 0.0732. The van der Waals surface area contributed by atoms with E-state index >= 15 is 0 Å². The molecule has 1 heterocycles. The molecule has 34 heavy (non-hydrogen) atoms. The number of nitrogens with one attached hydrogen (secondary N) is 1. The molecule has 0 aromatic heterocycles. The van der Waals surface area contributed by atoms with Crippen molar-refractivity contribution >= 4 is 40.1 Å². The molecule has 3 aromatic rings. The predicted octanol–water partition coefficient (Wildman–Crippen LogP) is 5.47. The number of hydrogen-bond donors (Lipinski definition) is 1. The number of methoxy groups -OCH3 is 1. The smallest absolute Gasteiger partial charge is 0.242 e. The molecule has 0 saturated carbocycles. The summed E-state index contributed by atoms with van der Waals surface area (Å²) >= 11 is 1.34. The Labute approximate surface area is 204 Å². The Morgan fingerprint density at radius 3 is 2.47 bits per heavy atom. The molecule has 174 valence electrons. The van der Waals surface area contributed by atoms with Gasteiger partial charge in [-0.15, -0.1) is 0 Å². The van der Waals surface area contributed by atoms with Crippen LogP contribution in [0.4, 0.5) is 11.4 Å². The predicted molar refractivity (Wildman–Crippen MR) is 138 cm³/mol. The summed E-state index contributed by atoms with van der Waals surface area (Å²) in [7, 11) is 1.62. The Balaban J connectivity index is 1.53. The number of anilines is 1. The topological polar surface area (TPSA) is 71.0 Å². The second-order valence-corrected chi connectivity index (χ2v) is 9.35. The highest BCUT2D eigenvalue weighted by atomic mass is 32.2. The quantitative estimate of drug-likeness (QED) is 0.494. The number of thioether (sulfide) groups is 1. The highest BCUT2D eigenvalue weighted by Crippen LogP contribution is 2.33. The number of amides is 2. The van der Waals surface area contributed by atoms with Crippen molar-refractivity contribution in [2.24, 2.45) is 4.99 Å². The largest absolute Gasteiger partial charge is 0.497 e. The van der Waals surface area contributed by atoms with Crippen molar-refractivity contribution in [1.29, 1.82) is 0 Å². The third-order valence-electron chi connectivity index (χ3n) is 5.53. The highest BCUT2D eigenvalue weighted by molar-refractivity contribution is 8.15.